The second-order valence-electron chi connectivity index (χ2n) is 8.90. The molecule has 0 spiro atoms. The number of hydrogen-bond acceptors (Lipinski definition) is 3. The molecule has 0 saturated carbocycles. The highest BCUT2D eigenvalue weighted by Crippen LogP contribution is 2.34. The summed E-state index contributed by atoms with van der Waals surface area (Å²) in [6.45, 7) is 10.4. The Kier molecular flexibility index (Phi) is 5.18. The van der Waals surface area contributed by atoms with Crippen LogP contribution >= 0.6 is 0 Å². The Morgan fingerprint density at radius 2 is 1.89 bits per heavy atom. The smallest absolute Gasteiger partial charge is 0.342 e. The summed E-state index contributed by atoms with van der Waals surface area (Å²) in [5.41, 5.74) is -0.152. The van der Waals surface area contributed by atoms with Gasteiger partial charge in [-0.25, -0.2) is 9.50 Å². The zero-order chi connectivity index (χ0) is 20.9. The van der Waals surface area contributed by atoms with Gasteiger partial charge < -0.3 is 4.90 Å². The number of rotatable bonds is 2. The lowest BCUT2D eigenvalue weighted by atomic mass is 9.90. The molecule has 0 aromatic carbocycles. The number of likely N-dealkylation sites (tertiary alicyclic amines) is 1. The molecule has 1 aliphatic heterocycles. The number of piperidine rings is 1. The van der Waals surface area contributed by atoms with Crippen LogP contribution in [0.5, 0.6) is 0 Å². The molecule has 1 amide bonds. The normalized spacial score (nSPS) is 18.9. The van der Waals surface area contributed by atoms with E-state index < -0.39 is 17.3 Å². The van der Waals surface area contributed by atoms with E-state index in [4.69, 9.17) is 0 Å². The summed E-state index contributed by atoms with van der Waals surface area (Å²) < 4.78 is 41.6. The average Bonchev–Trinajstić information content (AvgIpc) is 3.02. The molecular weight excluding hydrogens is 369 g/mol. The Labute approximate surface area is 162 Å². The fourth-order valence-electron chi connectivity index (χ4n) is 3.59. The lowest BCUT2D eigenvalue weighted by Crippen LogP contribution is -2.44. The fraction of sp³-hybridized carbons (Fsp3) is 0.650. The number of nitrogens with zero attached hydrogens (tertiary/aromatic N) is 4. The molecule has 28 heavy (non-hydrogen) atoms. The first-order chi connectivity index (χ1) is 12.9. The zero-order valence-electron chi connectivity index (χ0n) is 17.0. The van der Waals surface area contributed by atoms with Gasteiger partial charge in [0, 0.05) is 36.2 Å². The van der Waals surface area contributed by atoms with Crippen LogP contribution in [0, 0.1) is 5.41 Å². The molecule has 154 valence electrons. The molecule has 0 radical (unpaired) electrons. The van der Waals surface area contributed by atoms with E-state index in [1.54, 1.807) is 11.0 Å². The Bertz CT molecular complexity index is 880. The Hall–Kier alpha value is -2.12. The Morgan fingerprint density at radius 3 is 2.46 bits per heavy atom. The van der Waals surface area contributed by atoms with Crippen LogP contribution in [-0.4, -0.2) is 38.5 Å². The summed E-state index contributed by atoms with van der Waals surface area (Å²) in [6, 6.07) is 2.71. The molecule has 8 heteroatoms. The van der Waals surface area contributed by atoms with Crippen molar-refractivity contribution in [2.24, 2.45) is 5.41 Å². The van der Waals surface area contributed by atoms with E-state index in [0.717, 1.165) is 23.4 Å². The topological polar surface area (TPSA) is 50.5 Å². The predicted octanol–water partition coefficient (Wildman–Crippen LogP) is 4.62. The van der Waals surface area contributed by atoms with Crippen LogP contribution in [0.3, 0.4) is 0 Å². The summed E-state index contributed by atoms with van der Waals surface area (Å²) >= 11 is 0. The van der Waals surface area contributed by atoms with Crippen molar-refractivity contribution in [1.82, 2.24) is 19.5 Å². The number of carbonyl (C=O) groups excluding carboxylic acids is 1. The van der Waals surface area contributed by atoms with Crippen molar-refractivity contribution in [3.8, 4) is 0 Å². The molecule has 1 aliphatic rings. The Balaban J connectivity index is 1.99. The maximum absolute atomic E-state index is 13.6. The van der Waals surface area contributed by atoms with Crippen molar-refractivity contribution in [2.75, 3.05) is 13.1 Å². The largest absolute Gasteiger partial charge is 0.433 e. The van der Waals surface area contributed by atoms with Crippen LogP contribution in [0.1, 0.15) is 76.4 Å². The van der Waals surface area contributed by atoms with Gasteiger partial charge in [0.05, 0.1) is 5.69 Å². The molecule has 1 atom stereocenters. The van der Waals surface area contributed by atoms with Crippen molar-refractivity contribution >= 4 is 11.6 Å². The summed E-state index contributed by atoms with van der Waals surface area (Å²) in [5, 5.41) is 4.26. The van der Waals surface area contributed by atoms with Crippen LogP contribution in [0.25, 0.3) is 5.65 Å². The monoisotopic (exact) mass is 396 g/mol. The molecule has 2 aromatic rings. The molecular formula is C20H27F3N4O. The van der Waals surface area contributed by atoms with E-state index in [-0.39, 0.29) is 23.4 Å². The first-order valence-electron chi connectivity index (χ1n) is 9.65. The van der Waals surface area contributed by atoms with E-state index in [1.165, 1.54) is 0 Å². The minimum atomic E-state index is -4.52. The van der Waals surface area contributed by atoms with Crippen LogP contribution in [0.15, 0.2) is 12.1 Å². The first kappa shape index (κ1) is 20.6. The van der Waals surface area contributed by atoms with Gasteiger partial charge in [0.25, 0.3) is 0 Å². The minimum Gasteiger partial charge on any atom is -0.342 e. The SMILES string of the molecule is CC(C)c1cc(C(F)(F)F)n2nc(C3CCCN(C(=O)C(C)(C)C)C3)cc2n1. The van der Waals surface area contributed by atoms with Crippen molar-refractivity contribution < 1.29 is 18.0 Å². The third kappa shape index (κ3) is 4.00. The molecule has 3 rings (SSSR count). The molecule has 5 nitrogen and oxygen atoms in total. The predicted molar refractivity (Wildman–Crippen MR) is 100 cm³/mol. The average molecular weight is 396 g/mol. The molecule has 1 saturated heterocycles. The zero-order valence-corrected chi connectivity index (χ0v) is 17.0. The van der Waals surface area contributed by atoms with Gasteiger partial charge in [0.15, 0.2) is 5.65 Å². The minimum absolute atomic E-state index is 0.0529. The van der Waals surface area contributed by atoms with Crippen LogP contribution in [0.4, 0.5) is 13.2 Å². The second kappa shape index (κ2) is 7.04. The van der Waals surface area contributed by atoms with Crippen LogP contribution < -0.4 is 0 Å². The number of aromatic nitrogens is 3. The quantitative estimate of drug-likeness (QED) is 0.744. The molecule has 2 aromatic heterocycles. The van der Waals surface area contributed by atoms with Gasteiger partial charge in [0.1, 0.15) is 5.69 Å². The third-order valence-electron chi connectivity index (χ3n) is 5.12. The maximum atomic E-state index is 13.6. The molecule has 1 unspecified atom stereocenters. The number of amides is 1. The van der Waals surface area contributed by atoms with E-state index in [9.17, 15) is 18.0 Å². The molecule has 0 bridgehead atoms. The standard InChI is InChI=1S/C20H27F3N4O/c1-12(2)14-9-16(20(21,22)23)27-17(24-14)10-15(25-27)13-7-6-8-26(11-13)18(28)19(3,4)5/h9-10,12-13H,6-8,11H2,1-5H3. The van der Waals surface area contributed by atoms with E-state index in [2.05, 4.69) is 10.1 Å². The lowest BCUT2D eigenvalue weighted by Gasteiger charge is -2.35. The number of halogens is 3. The number of alkyl halides is 3. The van der Waals surface area contributed by atoms with E-state index in [0.29, 0.717) is 24.5 Å². The summed E-state index contributed by atoms with van der Waals surface area (Å²) in [5.74, 6) is -0.165. The molecule has 1 fully saturated rings. The van der Waals surface area contributed by atoms with E-state index in [1.807, 2.05) is 34.6 Å². The maximum Gasteiger partial charge on any atom is 0.433 e. The van der Waals surface area contributed by atoms with Crippen LogP contribution in [0.2, 0.25) is 0 Å². The van der Waals surface area contributed by atoms with E-state index >= 15 is 0 Å². The highest BCUT2D eigenvalue weighted by Gasteiger charge is 2.37. The Morgan fingerprint density at radius 1 is 1.21 bits per heavy atom. The first-order valence-corrected chi connectivity index (χ1v) is 9.65. The van der Waals surface area contributed by atoms with Crippen molar-refractivity contribution in [1.29, 1.82) is 0 Å². The second-order valence-corrected chi connectivity index (χ2v) is 8.90. The van der Waals surface area contributed by atoms with Crippen LogP contribution in [-0.2, 0) is 11.0 Å². The van der Waals surface area contributed by atoms with Gasteiger partial charge in [-0.15, -0.1) is 0 Å². The summed E-state index contributed by atoms with van der Waals surface area (Å²) in [6.07, 6.45) is -2.93. The summed E-state index contributed by atoms with van der Waals surface area (Å²) in [4.78, 5) is 18.8. The van der Waals surface area contributed by atoms with Gasteiger partial charge in [0.2, 0.25) is 5.91 Å². The van der Waals surface area contributed by atoms with Crippen molar-refractivity contribution in [2.45, 2.75) is 65.5 Å². The number of fused-ring (bicyclic) bond motifs is 1. The highest BCUT2D eigenvalue weighted by atomic mass is 19.4. The van der Waals surface area contributed by atoms with Gasteiger partial charge in [-0.1, -0.05) is 34.6 Å². The third-order valence-corrected chi connectivity index (χ3v) is 5.12. The molecule has 0 N–H and O–H groups in total. The molecule has 3 heterocycles. The fourth-order valence-corrected chi connectivity index (χ4v) is 3.59. The van der Waals surface area contributed by atoms with Gasteiger partial charge in [-0.3, -0.25) is 4.79 Å². The summed E-state index contributed by atoms with van der Waals surface area (Å²) in [7, 11) is 0. The van der Waals surface area contributed by atoms with Crippen molar-refractivity contribution in [3.05, 3.63) is 29.2 Å². The van der Waals surface area contributed by atoms with Gasteiger partial charge >= 0.3 is 6.18 Å². The van der Waals surface area contributed by atoms with Gasteiger partial charge in [-0.2, -0.15) is 18.3 Å². The number of carbonyl (C=O) groups is 1. The van der Waals surface area contributed by atoms with Crippen molar-refractivity contribution in [3.63, 3.8) is 0 Å². The molecule has 0 aliphatic carbocycles. The number of hydrogen-bond donors (Lipinski definition) is 0. The van der Waals surface area contributed by atoms with Gasteiger partial charge in [-0.05, 0) is 24.8 Å². The highest BCUT2D eigenvalue weighted by molar-refractivity contribution is 5.81. The lowest BCUT2D eigenvalue weighted by molar-refractivity contribution is -0.142.